The van der Waals surface area contributed by atoms with Crippen molar-refractivity contribution in [2.75, 3.05) is 0 Å². The number of rotatable bonds is 11. The van der Waals surface area contributed by atoms with E-state index >= 15 is 0 Å². The van der Waals surface area contributed by atoms with Crippen LogP contribution >= 0.6 is 23.2 Å². The van der Waals surface area contributed by atoms with Crippen molar-refractivity contribution in [2.45, 2.75) is 58.2 Å². The molecule has 3 aromatic carbocycles. The molecule has 0 unspecified atom stereocenters. The molecule has 2 amide bonds. The third-order valence-corrected chi connectivity index (χ3v) is 6.73. The average Bonchev–Trinajstić information content (AvgIpc) is 2.87. The molecule has 0 spiro atoms. The first-order valence-corrected chi connectivity index (χ1v) is 12.7. The second-order valence-electron chi connectivity index (χ2n) is 8.76. The van der Waals surface area contributed by atoms with Crippen molar-refractivity contribution in [1.82, 2.24) is 10.2 Å². The first-order chi connectivity index (χ1) is 16.9. The van der Waals surface area contributed by atoms with Gasteiger partial charge in [0.1, 0.15) is 6.04 Å². The highest BCUT2D eigenvalue weighted by molar-refractivity contribution is 6.31. The van der Waals surface area contributed by atoms with Crippen LogP contribution in [0.25, 0.3) is 0 Å². The Morgan fingerprint density at radius 3 is 2.20 bits per heavy atom. The van der Waals surface area contributed by atoms with Gasteiger partial charge in [0.2, 0.25) is 11.8 Å². The molecule has 0 radical (unpaired) electrons. The SMILES string of the molecule is CC[C@H](C)NC(=O)[C@H](Cc1ccccc1)N(Cc1ccc(Cl)cc1)C(=O)CCc1ccccc1Cl. The predicted octanol–water partition coefficient (Wildman–Crippen LogP) is 6.48. The van der Waals surface area contributed by atoms with E-state index in [0.29, 0.717) is 29.4 Å². The average molecular weight is 511 g/mol. The van der Waals surface area contributed by atoms with Gasteiger partial charge in [0.25, 0.3) is 0 Å². The fourth-order valence-corrected chi connectivity index (χ4v) is 4.22. The number of benzene rings is 3. The highest BCUT2D eigenvalue weighted by Crippen LogP contribution is 2.21. The first-order valence-electron chi connectivity index (χ1n) is 12.0. The number of halogens is 2. The van der Waals surface area contributed by atoms with Crippen molar-refractivity contribution < 1.29 is 9.59 Å². The lowest BCUT2D eigenvalue weighted by Crippen LogP contribution is -2.52. The van der Waals surface area contributed by atoms with Crippen LogP contribution in [0.2, 0.25) is 10.0 Å². The predicted molar refractivity (Wildman–Crippen MR) is 144 cm³/mol. The zero-order chi connectivity index (χ0) is 25.2. The zero-order valence-electron chi connectivity index (χ0n) is 20.2. The van der Waals surface area contributed by atoms with Gasteiger partial charge in [-0.05, 0) is 54.7 Å². The van der Waals surface area contributed by atoms with Crippen LogP contribution in [0.5, 0.6) is 0 Å². The molecule has 184 valence electrons. The summed E-state index contributed by atoms with van der Waals surface area (Å²) in [6.07, 6.45) is 1.98. The number of nitrogens with one attached hydrogen (secondary N) is 1. The largest absolute Gasteiger partial charge is 0.352 e. The minimum absolute atomic E-state index is 0.0105. The van der Waals surface area contributed by atoms with Gasteiger partial charge in [-0.3, -0.25) is 9.59 Å². The van der Waals surface area contributed by atoms with Crippen molar-refractivity contribution in [1.29, 1.82) is 0 Å². The number of aryl methyl sites for hydroxylation is 1. The van der Waals surface area contributed by atoms with Gasteiger partial charge in [0.05, 0.1) is 0 Å². The topological polar surface area (TPSA) is 49.4 Å². The van der Waals surface area contributed by atoms with Crippen molar-refractivity contribution in [3.63, 3.8) is 0 Å². The van der Waals surface area contributed by atoms with E-state index in [-0.39, 0.29) is 24.3 Å². The van der Waals surface area contributed by atoms with Crippen LogP contribution in [0.3, 0.4) is 0 Å². The fraction of sp³-hybridized carbons (Fsp3) is 0.310. The van der Waals surface area contributed by atoms with Gasteiger partial charge < -0.3 is 10.2 Å². The van der Waals surface area contributed by atoms with Crippen LogP contribution < -0.4 is 5.32 Å². The van der Waals surface area contributed by atoms with Crippen LogP contribution in [0, 0.1) is 0 Å². The molecule has 0 heterocycles. The number of amides is 2. The molecule has 0 bridgehead atoms. The van der Waals surface area contributed by atoms with Crippen molar-refractivity contribution in [2.24, 2.45) is 0 Å². The Morgan fingerprint density at radius 1 is 0.886 bits per heavy atom. The van der Waals surface area contributed by atoms with Gasteiger partial charge in [0, 0.05) is 35.5 Å². The Kier molecular flexibility index (Phi) is 10.2. The Balaban J connectivity index is 1.91. The van der Waals surface area contributed by atoms with Crippen molar-refractivity contribution in [3.8, 4) is 0 Å². The first kappa shape index (κ1) is 26.8. The van der Waals surface area contributed by atoms with Crippen LogP contribution in [-0.2, 0) is 29.0 Å². The third kappa shape index (κ3) is 8.12. The van der Waals surface area contributed by atoms with Crippen LogP contribution in [0.1, 0.15) is 43.4 Å². The molecule has 0 saturated heterocycles. The van der Waals surface area contributed by atoms with Crippen molar-refractivity contribution in [3.05, 3.63) is 106 Å². The maximum absolute atomic E-state index is 13.7. The lowest BCUT2D eigenvalue weighted by molar-refractivity contribution is -0.141. The molecule has 4 nitrogen and oxygen atoms in total. The van der Waals surface area contributed by atoms with E-state index < -0.39 is 6.04 Å². The van der Waals surface area contributed by atoms with Crippen LogP contribution in [0.15, 0.2) is 78.9 Å². The number of hydrogen-bond donors (Lipinski definition) is 1. The molecule has 0 aliphatic rings. The number of hydrogen-bond acceptors (Lipinski definition) is 2. The molecule has 0 aromatic heterocycles. The summed E-state index contributed by atoms with van der Waals surface area (Å²) in [5.74, 6) is -0.247. The van der Waals surface area contributed by atoms with Crippen LogP contribution in [0.4, 0.5) is 0 Å². The molecule has 2 atom stereocenters. The zero-order valence-corrected chi connectivity index (χ0v) is 21.7. The summed E-state index contributed by atoms with van der Waals surface area (Å²) in [5.41, 5.74) is 2.82. The molecule has 6 heteroatoms. The number of carbonyl (C=O) groups is 2. The van der Waals surface area contributed by atoms with E-state index in [0.717, 1.165) is 23.1 Å². The molecule has 0 aliphatic carbocycles. The number of carbonyl (C=O) groups excluding carboxylic acids is 2. The highest BCUT2D eigenvalue weighted by atomic mass is 35.5. The molecule has 3 aromatic rings. The maximum Gasteiger partial charge on any atom is 0.243 e. The van der Waals surface area contributed by atoms with E-state index in [1.165, 1.54) is 0 Å². The smallest absolute Gasteiger partial charge is 0.243 e. The minimum atomic E-state index is -0.652. The van der Waals surface area contributed by atoms with E-state index in [1.54, 1.807) is 17.0 Å². The summed E-state index contributed by atoms with van der Waals surface area (Å²) in [7, 11) is 0. The second kappa shape index (κ2) is 13.3. The van der Waals surface area contributed by atoms with Gasteiger partial charge in [-0.15, -0.1) is 0 Å². The number of nitrogens with zero attached hydrogens (tertiary/aromatic N) is 1. The monoisotopic (exact) mass is 510 g/mol. The summed E-state index contributed by atoms with van der Waals surface area (Å²) in [5, 5.41) is 4.35. The van der Waals surface area contributed by atoms with Crippen molar-refractivity contribution >= 4 is 35.0 Å². The molecule has 0 fully saturated rings. The molecule has 3 rings (SSSR count). The summed E-state index contributed by atoms with van der Waals surface area (Å²) in [6, 6.07) is 24.1. The van der Waals surface area contributed by atoms with E-state index in [2.05, 4.69) is 5.32 Å². The Labute approximate surface area is 218 Å². The van der Waals surface area contributed by atoms with E-state index in [4.69, 9.17) is 23.2 Å². The maximum atomic E-state index is 13.7. The molecule has 0 aliphatic heterocycles. The summed E-state index contributed by atoms with van der Waals surface area (Å²) in [4.78, 5) is 28.9. The molecule has 0 saturated carbocycles. The van der Waals surface area contributed by atoms with E-state index in [1.807, 2.05) is 80.6 Å². The van der Waals surface area contributed by atoms with Gasteiger partial charge in [-0.2, -0.15) is 0 Å². The Hall–Kier alpha value is -2.82. The molecule has 35 heavy (non-hydrogen) atoms. The van der Waals surface area contributed by atoms with Gasteiger partial charge in [-0.1, -0.05) is 90.8 Å². The lowest BCUT2D eigenvalue weighted by atomic mass is 10.0. The van der Waals surface area contributed by atoms with Crippen LogP contribution in [-0.4, -0.2) is 28.8 Å². The lowest BCUT2D eigenvalue weighted by Gasteiger charge is -2.32. The highest BCUT2D eigenvalue weighted by Gasteiger charge is 2.30. The van der Waals surface area contributed by atoms with Gasteiger partial charge in [0.15, 0.2) is 0 Å². The summed E-state index contributed by atoms with van der Waals surface area (Å²) < 4.78 is 0. The quantitative estimate of drug-likeness (QED) is 0.320. The second-order valence-corrected chi connectivity index (χ2v) is 9.61. The molecular formula is C29H32Cl2N2O2. The normalized spacial score (nSPS) is 12.6. The minimum Gasteiger partial charge on any atom is -0.352 e. The third-order valence-electron chi connectivity index (χ3n) is 6.10. The van der Waals surface area contributed by atoms with Gasteiger partial charge >= 0.3 is 0 Å². The van der Waals surface area contributed by atoms with E-state index in [9.17, 15) is 9.59 Å². The fourth-order valence-electron chi connectivity index (χ4n) is 3.87. The summed E-state index contributed by atoms with van der Waals surface area (Å²) in [6.45, 7) is 4.31. The molecule has 1 N–H and O–H groups in total. The Bertz CT molecular complexity index is 1100. The van der Waals surface area contributed by atoms with Gasteiger partial charge in [-0.25, -0.2) is 0 Å². The standard InChI is InChI=1S/C29H32Cl2N2O2/c1-3-21(2)32-29(35)27(19-22-9-5-4-6-10-22)33(20-23-13-16-25(30)17-14-23)28(34)18-15-24-11-7-8-12-26(24)31/h4-14,16-17,21,27H,3,15,18-20H2,1-2H3,(H,32,35)/t21-,27-/m0/s1. The Morgan fingerprint density at radius 2 is 1.54 bits per heavy atom. The summed E-state index contributed by atoms with van der Waals surface area (Å²) >= 11 is 12.4. The molecular weight excluding hydrogens is 479 g/mol.